The van der Waals surface area contributed by atoms with Crippen LogP contribution in [0.1, 0.15) is 22.5 Å². The van der Waals surface area contributed by atoms with E-state index < -0.39 is 5.97 Å². The van der Waals surface area contributed by atoms with Gasteiger partial charge >= 0.3 is 5.97 Å². The van der Waals surface area contributed by atoms with E-state index in [1.807, 2.05) is 0 Å². The van der Waals surface area contributed by atoms with E-state index in [2.05, 4.69) is 5.32 Å². The average Bonchev–Trinajstić information content (AvgIpc) is 2.92. The van der Waals surface area contributed by atoms with Crippen molar-refractivity contribution in [2.24, 2.45) is 0 Å². The molecule has 0 spiro atoms. The molecule has 1 amide bonds. The van der Waals surface area contributed by atoms with Crippen molar-refractivity contribution in [3.8, 4) is 5.75 Å². The predicted octanol–water partition coefficient (Wildman–Crippen LogP) is 2.25. The molecule has 6 nitrogen and oxygen atoms in total. The lowest BCUT2D eigenvalue weighted by molar-refractivity contribution is -0.116. The topological polar surface area (TPSA) is 99.8 Å². The lowest BCUT2D eigenvalue weighted by Gasteiger charge is -2.07. The second kappa shape index (κ2) is 5.92. The van der Waals surface area contributed by atoms with Gasteiger partial charge in [0.05, 0.1) is 17.5 Å². The first kappa shape index (κ1) is 13.7. The van der Waals surface area contributed by atoms with Gasteiger partial charge in [0.1, 0.15) is 11.5 Å². The Morgan fingerprint density at radius 3 is 2.70 bits per heavy atom. The fourth-order valence-electron chi connectivity index (χ4n) is 1.67. The molecule has 0 saturated heterocycles. The number of aromatic carboxylic acids is 1. The first-order valence-corrected chi connectivity index (χ1v) is 5.95. The van der Waals surface area contributed by atoms with Gasteiger partial charge in [0.25, 0.3) is 0 Å². The van der Waals surface area contributed by atoms with Gasteiger partial charge in [-0.15, -0.1) is 0 Å². The van der Waals surface area contributed by atoms with Crippen molar-refractivity contribution in [1.82, 2.24) is 0 Å². The quantitative estimate of drug-likeness (QED) is 0.727. The number of anilines is 1. The number of aromatic hydroxyl groups is 1. The summed E-state index contributed by atoms with van der Waals surface area (Å²) in [5.41, 5.74) is 0.0680. The molecular formula is C14H13NO5. The van der Waals surface area contributed by atoms with Gasteiger partial charge < -0.3 is 19.9 Å². The number of phenolic OH excluding ortho intramolecular Hbond substituents is 1. The standard InChI is InChI=1S/C14H13NO5/c16-12-5-3-9(14(18)19)8-11(12)15-13(17)6-4-10-2-1-7-20-10/h1-3,5,7-8,16H,4,6H2,(H,15,17)(H,18,19). The van der Waals surface area contributed by atoms with Crippen molar-refractivity contribution in [3.63, 3.8) is 0 Å². The zero-order valence-corrected chi connectivity index (χ0v) is 10.5. The number of nitrogens with one attached hydrogen (secondary N) is 1. The van der Waals surface area contributed by atoms with Gasteiger partial charge in [0, 0.05) is 12.8 Å². The molecule has 0 atom stereocenters. The van der Waals surface area contributed by atoms with Crippen LogP contribution in [0.5, 0.6) is 5.75 Å². The zero-order chi connectivity index (χ0) is 14.5. The lowest BCUT2D eigenvalue weighted by Crippen LogP contribution is -2.13. The fraction of sp³-hybridized carbons (Fsp3) is 0.143. The molecule has 0 bridgehead atoms. The van der Waals surface area contributed by atoms with E-state index in [9.17, 15) is 14.7 Å². The Morgan fingerprint density at radius 1 is 1.25 bits per heavy atom. The molecule has 20 heavy (non-hydrogen) atoms. The van der Waals surface area contributed by atoms with Crippen molar-refractivity contribution in [3.05, 3.63) is 47.9 Å². The van der Waals surface area contributed by atoms with Crippen LogP contribution < -0.4 is 5.32 Å². The zero-order valence-electron chi connectivity index (χ0n) is 10.5. The summed E-state index contributed by atoms with van der Waals surface area (Å²) >= 11 is 0. The van der Waals surface area contributed by atoms with Gasteiger partial charge in [0.2, 0.25) is 5.91 Å². The number of hydrogen-bond acceptors (Lipinski definition) is 4. The van der Waals surface area contributed by atoms with Gasteiger partial charge in [-0.05, 0) is 30.3 Å². The summed E-state index contributed by atoms with van der Waals surface area (Å²) in [5, 5.41) is 20.9. The van der Waals surface area contributed by atoms with Crippen molar-refractivity contribution >= 4 is 17.6 Å². The highest BCUT2D eigenvalue weighted by Crippen LogP contribution is 2.24. The summed E-state index contributed by atoms with van der Waals surface area (Å²) in [5.74, 6) is -0.958. The maximum Gasteiger partial charge on any atom is 0.335 e. The van der Waals surface area contributed by atoms with Gasteiger partial charge in [-0.3, -0.25) is 4.79 Å². The van der Waals surface area contributed by atoms with E-state index in [1.54, 1.807) is 12.1 Å². The Balaban J connectivity index is 2.00. The van der Waals surface area contributed by atoms with E-state index in [-0.39, 0.29) is 29.3 Å². The maximum atomic E-state index is 11.7. The Bertz CT molecular complexity index is 618. The minimum atomic E-state index is -1.13. The molecule has 0 aliphatic carbocycles. The highest BCUT2D eigenvalue weighted by atomic mass is 16.4. The minimum absolute atomic E-state index is 0.0101. The second-order valence-electron chi connectivity index (χ2n) is 4.16. The Morgan fingerprint density at radius 2 is 2.05 bits per heavy atom. The molecule has 0 fully saturated rings. The van der Waals surface area contributed by atoms with Crippen LogP contribution in [0, 0.1) is 0 Å². The van der Waals surface area contributed by atoms with Crippen molar-refractivity contribution in [2.45, 2.75) is 12.8 Å². The van der Waals surface area contributed by atoms with Crippen LogP contribution in [0.15, 0.2) is 41.0 Å². The van der Waals surface area contributed by atoms with E-state index in [4.69, 9.17) is 9.52 Å². The average molecular weight is 275 g/mol. The molecule has 0 unspecified atom stereocenters. The van der Waals surface area contributed by atoms with Gasteiger partial charge in [-0.1, -0.05) is 0 Å². The molecule has 1 aromatic heterocycles. The number of carbonyl (C=O) groups is 2. The summed E-state index contributed by atoms with van der Waals surface area (Å²) in [6, 6.07) is 7.19. The van der Waals surface area contributed by atoms with Crippen LogP contribution in [0.4, 0.5) is 5.69 Å². The first-order chi connectivity index (χ1) is 9.56. The molecule has 0 aliphatic rings. The molecule has 1 heterocycles. The fourth-order valence-corrected chi connectivity index (χ4v) is 1.67. The van der Waals surface area contributed by atoms with Crippen LogP contribution in [-0.4, -0.2) is 22.1 Å². The van der Waals surface area contributed by atoms with Crippen molar-refractivity contribution in [1.29, 1.82) is 0 Å². The molecule has 2 rings (SSSR count). The monoisotopic (exact) mass is 275 g/mol. The number of furan rings is 1. The molecule has 3 N–H and O–H groups in total. The Hall–Kier alpha value is -2.76. The number of hydrogen-bond donors (Lipinski definition) is 3. The molecule has 1 aromatic carbocycles. The van der Waals surface area contributed by atoms with Crippen molar-refractivity contribution < 1.29 is 24.2 Å². The molecule has 104 valence electrons. The molecule has 0 aliphatic heterocycles. The molecule has 0 radical (unpaired) electrons. The number of carboxylic acid groups (broad SMARTS) is 1. The Kier molecular flexibility index (Phi) is 4.05. The lowest BCUT2D eigenvalue weighted by atomic mass is 10.1. The van der Waals surface area contributed by atoms with E-state index in [0.29, 0.717) is 12.2 Å². The Labute approximate surface area is 114 Å². The smallest absolute Gasteiger partial charge is 0.335 e. The van der Waals surface area contributed by atoms with E-state index in [1.165, 1.54) is 24.5 Å². The predicted molar refractivity (Wildman–Crippen MR) is 70.7 cm³/mol. The van der Waals surface area contributed by atoms with Gasteiger partial charge in [0.15, 0.2) is 0 Å². The summed E-state index contributed by atoms with van der Waals surface area (Å²) < 4.78 is 5.10. The minimum Gasteiger partial charge on any atom is -0.506 e. The van der Waals surface area contributed by atoms with Gasteiger partial charge in [-0.2, -0.15) is 0 Å². The maximum absolute atomic E-state index is 11.7. The number of phenols is 1. The number of carboxylic acids is 1. The third-order valence-electron chi connectivity index (χ3n) is 2.70. The number of benzene rings is 1. The third kappa shape index (κ3) is 3.38. The van der Waals surface area contributed by atoms with Crippen LogP contribution in [0.3, 0.4) is 0 Å². The summed E-state index contributed by atoms with van der Waals surface area (Å²) in [4.78, 5) is 22.6. The van der Waals surface area contributed by atoms with E-state index in [0.717, 1.165) is 0 Å². The summed E-state index contributed by atoms with van der Waals surface area (Å²) in [7, 11) is 0. The normalized spacial score (nSPS) is 10.2. The van der Waals surface area contributed by atoms with Crippen LogP contribution in [0.2, 0.25) is 0 Å². The number of amides is 1. The van der Waals surface area contributed by atoms with Crippen LogP contribution in [-0.2, 0) is 11.2 Å². The number of aryl methyl sites for hydroxylation is 1. The second-order valence-corrected chi connectivity index (χ2v) is 4.16. The number of rotatable bonds is 5. The molecule has 2 aromatic rings. The molecular weight excluding hydrogens is 262 g/mol. The van der Waals surface area contributed by atoms with Gasteiger partial charge in [-0.25, -0.2) is 4.79 Å². The summed E-state index contributed by atoms with van der Waals surface area (Å²) in [6.45, 7) is 0. The largest absolute Gasteiger partial charge is 0.506 e. The van der Waals surface area contributed by atoms with Crippen LogP contribution >= 0.6 is 0 Å². The SMILES string of the molecule is O=C(CCc1ccco1)Nc1cc(C(=O)O)ccc1O. The molecule has 6 heteroatoms. The number of carbonyl (C=O) groups excluding carboxylic acids is 1. The van der Waals surface area contributed by atoms with E-state index >= 15 is 0 Å². The third-order valence-corrected chi connectivity index (χ3v) is 2.70. The molecule has 0 saturated carbocycles. The summed E-state index contributed by atoms with van der Waals surface area (Å²) in [6.07, 6.45) is 2.12. The highest BCUT2D eigenvalue weighted by Gasteiger charge is 2.11. The first-order valence-electron chi connectivity index (χ1n) is 5.95. The van der Waals surface area contributed by atoms with Crippen molar-refractivity contribution in [2.75, 3.05) is 5.32 Å². The van der Waals surface area contributed by atoms with Crippen LogP contribution in [0.25, 0.3) is 0 Å². The highest BCUT2D eigenvalue weighted by molar-refractivity contribution is 5.95.